The number of amides is 1. The average Bonchev–Trinajstić information content (AvgIpc) is 0.824. The lowest BCUT2D eigenvalue weighted by molar-refractivity contribution is -0.282. The summed E-state index contributed by atoms with van der Waals surface area (Å²) >= 11 is 19.7. The molecule has 1 aromatic rings. The van der Waals surface area contributed by atoms with Gasteiger partial charge in [-0.15, -0.1) is 0 Å². The Kier molecular flexibility index (Phi) is 48.5. The van der Waals surface area contributed by atoms with Crippen LogP contribution in [-0.2, 0) is 140 Å². The number of carbonyl (C=O) groups excluding carboxylic acids is 2. The zero-order valence-electron chi connectivity index (χ0n) is 59.6. The van der Waals surface area contributed by atoms with E-state index in [1.54, 1.807) is 44.2 Å². The van der Waals surface area contributed by atoms with Gasteiger partial charge in [-0.2, -0.15) is 0 Å². The van der Waals surface area contributed by atoms with Gasteiger partial charge in [0.2, 0.25) is 5.91 Å². The molecule has 35 nitrogen and oxygen atoms in total. The fraction of sp³-hybridized carbons (Fsp3) is 0.871. The van der Waals surface area contributed by atoms with Crippen LogP contribution in [-0.4, -0.2) is 291 Å². The van der Waals surface area contributed by atoms with E-state index in [0.29, 0.717) is 69.8 Å². The first kappa shape index (κ1) is 96.7. The molecule has 3 saturated heterocycles. The molecule has 0 saturated carbocycles. The van der Waals surface area contributed by atoms with Crippen molar-refractivity contribution in [2.75, 3.05) is 139 Å². The van der Waals surface area contributed by atoms with Gasteiger partial charge in [0.15, 0.2) is 18.9 Å². The molecular weight excluding hydrogens is 1550 g/mol. The second kappa shape index (κ2) is 52.7. The summed E-state index contributed by atoms with van der Waals surface area (Å²) in [5, 5.41) is 92.9. The molecule has 4 rings (SSSR count). The van der Waals surface area contributed by atoms with Crippen LogP contribution in [0.2, 0.25) is 0 Å². The Labute approximate surface area is 634 Å². The third-order valence-electron chi connectivity index (χ3n) is 16.4. The van der Waals surface area contributed by atoms with Gasteiger partial charge in [-0.05, 0) is 124 Å². The predicted molar refractivity (Wildman–Crippen MR) is 388 cm³/mol. The summed E-state index contributed by atoms with van der Waals surface area (Å²) in [4.78, 5) is 56.4. The third-order valence-corrected chi connectivity index (χ3v) is 22.8. The van der Waals surface area contributed by atoms with E-state index in [4.69, 9.17) is 124 Å². The quantitative estimate of drug-likeness (QED) is 0.0192. The first-order valence-corrected chi connectivity index (χ1v) is 45.5. The van der Waals surface area contributed by atoms with Gasteiger partial charge in [0.25, 0.3) is 0 Å². The zero-order valence-corrected chi connectivity index (χ0v) is 66.5. The number of ether oxygens (including phenoxy) is 11. The minimum Gasteiger partial charge on any atom is -0.429 e. The van der Waals surface area contributed by atoms with E-state index in [9.17, 15) is 74.8 Å². The SMILES string of the molecule is CC(=O)NC1[C@H](OCCCCOP(O)(=S)OCCCOCC(COCCCCCCOP(=O)(S)OC(=O)OCc2ccccc2)(COCCCOP(O)(=S)OCCCCO[C@@H]2OC(CO)[C@@H](O)[C@H](O)C2C)COCCCOP(O)(=S)OCCCCO[C@@H]2OC(CO)[C@H](O)[C@H](O)C2C)OC(CO)[C@H](O)[C@@H]1O. The van der Waals surface area contributed by atoms with Crippen LogP contribution >= 0.6 is 39.2 Å². The fourth-order valence-electron chi connectivity index (χ4n) is 10.4. The van der Waals surface area contributed by atoms with Crippen LogP contribution in [0.5, 0.6) is 0 Å². The van der Waals surface area contributed by atoms with E-state index in [0.717, 1.165) is 0 Å². The summed E-state index contributed by atoms with van der Waals surface area (Å²) in [7, 11) is 0. The Morgan fingerprint density at radius 3 is 1.18 bits per heavy atom. The number of hydrogen-bond donors (Lipinski definition) is 14. The van der Waals surface area contributed by atoms with Gasteiger partial charge in [-0.25, -0.2) is 9.36 Å². The summed E-state index contributed by atoms with van der Waals surface area (Å²) in [6, 6.07) is 7.73. The van der Waals surface area contributed by atoms with Gasteiger partial charge < -0.3 is 150 Å². The fourth-order valence-corrected chi connectivity index (χ4v) is 15.2. The average molecular weight is 1670 g/mol. The highest BCUT2D eigenvalue weighted by atomic mass is 32.7. The minimum atomic E-state index is -4.07. The Bertz CT molecular complexity index is 2640. The number of rotatable bonds is 59. The Morgan fingerprint density at radius 1 is 0.467 bits per heavy atom. The molecule has 0 aromatic heterocycles. The van der Waals surface area contributed by atoms with Crippen LogP contribution in [0.25, 0.3) is 0 Å². The van der Waals surface area contributed by atoms with Crippen molar-refractivity contribution in [3.8, 4) is 0 Å². The molecule has 3 aliphatic heterocycles. The lowest BCUT2D eigenvalue weighted by Crippen LogP contribution is -2.64. The van der Waals surface area contributed by atoms with Crippen molar-refractivity contribution in [3.05, 3.63) is 35.9 Å². The normalized spacial score (nSPS) is 28.0. The summed E-state index contributed by atoms with van der Waals surface area (Å²) < 4.78 is 120. The topological polar surface area (TPSA) is 481 Å². The van der Waals surface area contributed by atoms with Gasteiger partial charge in [0, 0.05) is 65.0 Å². The second-order valence-electron chi connectivity index (χ2n) is 25.3. The molecule has 13 N–H and O–H groups in total. The summed E-state index contributed by atoms with van der Waals surface area (Å²) in [6.45, 7) is -11.4. The lowest BCUT2D eigenvalue weighted by Gasteiger charge is -2.42. The van der Waals surface area contributed by atoms with Crippen LogP contribution in [0, 0.1) is 17.3 Å². The number of aliphatic hydroxyl groups is 9. The maximum atomic E-state index is 12.7. The number of aliphatic hydroxyl groups excluding tert-OH is 9. The van der Waals surface area contributed by atoms with Crippen molar-refractivity contribution in [1.29, 1.82) is 0 Å². The van der Waals surface area contributed by atoms with Crippen LogP contribution < -0.4 is 5.32 Å². The summed E-state index contributed by atoms with van der Waals surface area (Å²) in [5.74, 6) is -1.62. The molecule has 614 valence electrons. The van der Waals surface area contributed by atoms with Crippen molar-refractivity contribution in [3.63, 3.8) is 0 Å². The smallest absolute Gasteiger partial charge is 0.429 e. The van der Waals surface area contributed by atoms with Crippen LogP contribution in [0.1, 0.15) is 110 Å². The minimum absolute atomic E-state index is 0.00107. The van der Waals surface area contributed by atoms with Gasteiger partial charge in [0.1, 0.15) is 55.4 Å². The molecule has 43 heteroatoms. The number of hydrogen-bond acceptors (Lipinski definition) is 34. The maximum absolute atomic E-state index is 12.7. The molecule has 3 aliphatic rings. The number of thiol groups is 1. The van der Waals surface area contributed by atoms with Crippen molar-refractivity contribution in [2.24, 2.45) is 17.3 Å². The molecule has 0 radical (unpaired) electrons. The van der Waals surface area contributed by atoms with Gasteiger partial charge in [0.05, 0.1) is 110 Å². The molecule has 0 spiro atoms. The highest BCUT2D eigenvalue weighted by Crippen LogP contribution is 2.53. The molecule has 11 unspecified atom stereocenters. The standard InChI is InChI=1S/C62H113NO34P4S4/c1-44-52(68)54(70)48(36-64)94-58(44)83-26-11-14-30-87-98(75,102)90-33-17-23-80-41-62(40-79-22-9-4-5-10-29-93-101(78,105)97-61(74)86-39-47-20-7-6-8-21-47,42-81-24-18-34-91-99(76,103)88-31-15-12-27-84-59-45(2)53(69)55(71)49(37-65)95-59)43-82-25-19-35-92-100(77,104)89-32-16-13-28-85-60-51(63-46(3)67)57(73)56(72)50(38-66)96-60/h6-8,20-21,44-45,48-60,64-66,68-73H,4-5,9-19,22-43H2,1-3H3,(H,63,67)(H,75,102)(H,76,103)(H,77,104)(H,78,105)/t44?,45?,48?,49?,50?,51?,52-,53-,54-,55+,56+,57-,58-,59-,60-,62?,98?,99?,100?,101?/m1/s1. The molecule has 1 aromatic carbocycles. The molecule has 20 atom stereocenters. The van der Waals surface area contributed by atoms with Gasteiger partial charge in [-0.1, -0.05) is 57.0 Å². The zero-order chi connectivity index (χ0) is 77.3. The largest absolute Gasteiger partial charge is 0.515 e. The van der Waals surface area contributed by atoms with Crippen molar-refractivity contribution in [2.45, 2.75) is 191 Å². The molecule has 3 fully saturated rings. The molecule has 3 heterocycles. The first-order chi connectivity index (χ1) is 50.0. The van der Waals surface area contributed by atoms with Crippen molar-refractivity contribution in [1.82, 2.24) is 5.32 Å². The summed E-state index contributed by atoms with van der Waals surface area (Å²) in [6.07, 6.45) is -9.50. The summed E-state index contributed by atoms with van der Waals surface area (Å²) in [5.41, 5.74) is -0.297. The Morgan fingerprint density at radius 2 is 0.790 bits per heavy atom. The van der Waals surface area contributed by atoms with Crippen LogP contribution in [0.15, 0.2) is 30.3 Å². The Balaban J connectivity index is 1.31. The lowest BCUT2D eigenvalue weighted by atomic mass is 9.92. The highest BCUT2D eigenvalue weighted by molar-refractivity contribution is 8.44. The van der Waals surface area contributed by atoms with Crippen LogP contribution in [0.4, 0.5) is 4.79 Å². The molecular formula is C62H113NO34P4S4. The maximum Gasteiger partial charge on any atom is 0.515 e. The van der Waals surface area contributed by atoms with Gasteiger partial charge >= 0.3 is 33.1 Å². The number of carbonyl (C=O) groups is 2. The third kappa shape index (κ3) is 39.3. The molecule has 0 bridgehead atoms. The van der Waals surface area contributed by atoms with E-state index in [-0.39, 0.29) is 145 Å². The van der Waals surface area contributed by atoms with Crippen molar-refractivity contribution < 1.29 is 163 Å². The number of unbranched alkanes of at least 4 members (excludes halogenated alkanes) is 6. The highest BCUT2D eigenvalue weighted by Gasteiger charge is 2.46. The number of nitrogens with one attached hydrogen (secondary N) is 1. The first-order valence-electron chi connectivity index (χ1n) is 35.0. The van der Waals surface area contributed by atoms with E-state index >= 15 is 0 Å². The van der Waals surface area contributed by atoms with Gasteiger partial charge in [-0.3, -0.25) is 9.32 Å². The predicted octanol–water partition coefficient (Wildman–Crippen LogP) is 3.41. The van der Waals surface area contributed by atoms with Crippen LogP contribution in [0.3, 0.4) is 0 Å². The van der Waals surface area contributed by atoms with E-state index in [1.165, 1.54) is 6.92 Å². The Hall–Kier alpha value is -0.670. The molecule has 105 heavy (non-hydrogen) atoms. The van der Waals surface area contributed by atoms with E-state index in [1.807, 2.05) is 0 Å². The molecule has 0 aliphatic carbocycles. The molecule has 1 amide bonds. The number of benzene rings is 1. The second-order valence-corrected chi connectivity index (χ2v) is 36.7. The monoisotopic (exact) mass is 1670 g/mol. The van der Waals surface area contributed by atoms with E-state index in [2.05, 4.69) is 17.6 Å². The van der Waals surface area contributed by atoms with Crippen molar-refractivity contribution >= 4 is 86.7 Å². The van der Waals surface area contributed by atoms with E-state index < -0.39 is 156 Å².